The van der Waals surface area contributed by atoms with Crippen molar-refractivity contribution in [3.8, 4) is 11.5 Å². The van der Waals surface area contributed by atoms with Crippen LogP contribution in [0.25, 0.3) is 0 Å². The minimum absolute atomic E-state index is 0.148. The molecule has 2 atom stereocenters. The lowest BCUT2D eigenvalue weighted by molar-refractivity contribution is 0.0110. The Labute approximate surface area is 186 Å². The lowest BCUT2D eigenvalue weighted by Crippen LogP contribution is -2.47. The summed E-state index contributed by atoms with van der Waals surface area (Å²) in [5.74, 6) is 3.06. The molecule has 2 nitrogen and oxygen atoms in total. The van der Waals surface area contributed by atoms with E-state index in [2.05, 4.69) is 79.8 Å². The molecule has 168 valence electrons. The van der Waals surface area contributed by atoms with Gasteiger partial charge in [0.05, 0.1) is 0 Å². The largest absolute Gasteiger partial charge is 0.543 e. The Bertz CT molecular complexity index is 798. The summed E-state index contributed by atoms with van der Waals surface area (Å²) < 4.78 is 13.7. The summed E-state index contributed by atoms with van der Waals surface area (Å²) in [4.78, 5) is 0. The van der Waals surface area contributed by atoms with Gasteiger partial charge in [-0.05, 0) is 82.3 Å². The van der Waals surface area contributed by atoms with Gasteiger partial charge >= 0.3 is 0 Å². The van der Waals surface area contributed by atoms with E-state index in [1.165, 1.54) is 48.8 Å². The molecule has 0 aromatic heterocycles. The van der Waals surface area contributed by atoms with Crippen LogP contribution in [0, 0.1) is 5.92 Å². The molecule has 1 aromatic rings. The Balaban J connectivity index is 2.12. The molecule has 1 aromatic carbocycles. The molecule has 0 amide bonds. The Morgan fingerprint density at radius 2 is 1.87 bits per heavy atom. The number of benzene rings is 1. The Kier molecular flexibility index (Phi) is 6.54. The maximum Gasteiger partial charge on any atom is 0.250 e. The van der Waals surface area contributed by atoms with Gasteiger partial charge in [0.1, 0.15) is 17.1 Å². The number of rotatable bonds is 6. The second-order valence-corrected chi connectivity index (χ2v) is 16.4. The monoisotopic (exact) mass is 428 g/mol. The van der Waals surface area contributed by atoms with Crippen LogP contribution in [-0.2, 0) is 6.42 Å². The van der Waals surface area contributed by atoms with Gasteiger partial charge in [0.15, 0.2) is 0 Å². The molecule has 30 heavy (non-hydrogen) atoms. The molecule has 0 saturated carbocycles. The highest BCUT2D eigenvalue weighted by molar-refractivity contribution is 6.74. The van der Waals surface area contributed by atoms with E-state index in [1.54, 1.807) is 0 Å². The second kappa shape index (κ2) is 8.37. The van der Waals surface area contributed by atoms with Crippen molar-refractivity contribution in [1.29, 1.82) is 0 Å². The Hall–Kier alpha value is -1.22. The van der Waals surface area contributed by atoms with Crippen LogP contribution in [0.4, 0.5) is 0 Å². The third-order valence-electron chi connectivity index (χ3n) is 7.75. The minimum atomic E-state index is -1.95. The number of hydrogen-bond donors (Lipinski definition) is 0. The first-order chi connectivity index (χ1) is 13.9. The smallest absolute Gasteiger partial charge is 0.250 e. The number of allylic oxidation sites excluding steroid dienone is 2. The molecule has 1 heterocycles. The van der Waals surface area contributed by atoms with Gasteiger partial charge < -0.3 is 9.16 Å². The van der Waals surface area contributed by atoms with E-state index >= 15 is 0 Å². The molecular formula is C27H44O2Si. The predicted molar refractivity (Wildman–Crippen MR) is 131 cm³/mol. The normalized spacial score (nSPS) is 23.2. The fourth-order valence-corrected chi connectivity index (χ4v) is 5.82. The number of unbranched alkanes of at least 4 members (excludes halogenated alkanes) is 2. The minimum Gasteiger partial charge on any atom is -0.543 e. The van der Waals surface area contributed by atoms with E-state index in [0.29, 0.717) is 11.8 Å². The lowest BCUT2D eigenvalue weighted by atomic mass is 9.68. The van der Waals surface area contributed by atoms with Crippen LogP contribution >= 0.6 is 0 Å². The highest BCUT2D eigenvalue weighted by Crippen LogP contribution is 2.54. The quantitative estimate of drug-likeness (QED) is 0.257. The van der Waals surface area contributed by atoms with Crippen molar-refractivity contribution in [2.24, 2.45) is 5.92 Å². The van der Waals surface area contributed by atoms with Gasteiger partial charge in [-0.25, -0.2) is 0 Å². The van der Waals surface area contributed by atoms with Gasteiger partial charge in [-0.1, -0.05) is 52.2 Å². The standard InChI is InChI=1S/C27H44O2Si/c1-10-11-12-13-20-17-23-25(24(18-20)29-30(8,9)26(3,4)5)21-16-19(2)14-15-22(21)27(6,7)28-23/h16-18,21-22H,10-15H2,1-9H3/t21-,22-/m1/s1. The summed E-state index contributed by atoms with van der Waals surface area (Å²) in [5, 5.41) is 0.171. The van der Waals surface area contributed by atoms with Crippen molar-refractivity contribution >= 4 is 8.32 Å². The predicted octanol–water partition coefficient (Wildman–Crippen LogP) is 8.41. The van der Waals surface area contributed by atoms with Gasteiger partial charge in [-0.3, -0.25) is 0 Å². The highest BCUT2D eigenvalue weighted by Gasteiger charge is 2.47. The second-order valence-electron chi connectivity index (χ2n) is 11.7. The van der Waals surface area contributed by atoms with Gasteiger partial charge in [0.25, 0.3) is 0 Å². The van der Waals surface area contributed by atoms with Crippen molar-refractivity contribution < 1.29 is 9.16 Å². The SMILES string of the molecule is CCCCCc1cc2c(c(O[Si](C)(C)C(C)(C)C)c1)[C@@H]1C=C(C)CC[C@H]1C(C)(C)O2. The van der Waals surface area contributed by atoms with Gasteiger partial charge in [0, 0.05) is 17.4 Å². The number of aryl methyl sites for hydroxylation is 1. The van der Waals surface area contributed by atoms with Crippen molar-refractivity contribution in [1.82, 2.24) is 0 Å². The molecule has 0 unspecified atom stereocenters. The first-order valence-electron chi connectivity index (χ1n) is 12.1. The maximum atomic E-state index is 6.99. The molecule has 0 spiro atoms. The highest BCUT2D eigenvalue weighted by atomic mass is 28.4. The number of fused-ring (bicyclic) bond motifs is 3. The number of hydrogen-bond acceptors (Lipinski definition) is 2. The maximum absolute atomic E-state index is 6.99. The van der Waals surface area contributed by atoms with Crippen molar-refractivity contribution in [2.45, 2.75) is 117 Å². The van der Waals surface area contributed by atoms with E-state index < -0.39 is 8.32 Å². The van der Waals surface area contributed by atoms with Gasteiger partial charge in [0.2, 0.25) is 8.32 Å². The first-order valence-corrected chi connectivity index (χ1v) is 15.0. The summed E-state index contributed by atoms with van der Waals surface area (Å²) in [5.41, 5.74) is 4.03. The third kappa shape index (κ3) is 4.66. The topological polar surface area (TPSA) is 18.5 Å². The lowest BCUT2D eigenvalue weighted by Gasteiger charge is -2.47. The van der Waals surface area contributed by atoms with Crippen molar-refractivity contribution in [3.63, 3.8) is 0 Å². The summed E-state index contributed by atoms with van der Waals surface area (Å²) in [6.07, 6.45) is 9.72. The van der Waals surface area contributed by atoms with Crippen LogP contribution in [0.2, 0.25) is 18.1 Å². The van der Waals surface area contributed by atoms with E-state index in [4.69, 9.17) is 9.16 Å². The fourth-order valence-electron chi connectivity index (χ4n) is 4.80. The molecule has 1 aliphatic heterocycles. The molecule has 0 fully saturated rings. The molecule has 0 N–H and O–H groups in total. The van der Waals surface area contributed by atoms with Crippen LogP contribution in [-0.4, -0.2) is 13.9 Å². The van der Waals surface area contributed by atoms with Crippen LogP contribution in [0.3, 0.4) is 0 Å². The molecule has 3 rings (SSSR count). The van der Waals surface area contributed by atoms with E-state index in [-0.39, 0.29) is 10.6 Å². The van der Waals surface area contributed by atoms with E-state index in [9.17, 15) is 0 Å². The summed E-state index contributed by atoms with van der Waals surface area (Å²) in [6, 6.07) is 4.67. The average molecular weight is 429 g/mol. The summed E-state index contributed by atoms with van der Waals surface area (Å²) in [6.45, 7) is 20.8. The van der Waals surface area contributed by atoms with E-state index in [1.807, 2.05) is 0 Å². The van der Waals surface area contributed by atoms with Crippen LogP contribution < -0.4 is 9.16 Å². The molecule has 1 aliphatic carbocycles. The first kappa shape index (κ1) is 23.4. The zero-order valence-electron chi connectivity index (χ0n) is 20.9. The molecule has 2 aliphatic rings. The van der Waals surface area contributed by atoms with Gasteiger partial charge in [-0.2, -0.15) is 0 Å². The number of ether oxygens (including phenoxy) is 1. The van der Waals surface area contributed by atoms with Crippen LogP contribution in [0.15, 0.2) is 23.8 Å². The zero-order valence-corrected chi connectivity index (χ0v) is 21.9. The molecule has 3 heteroatoms. The zero-order chi connectivity index (χ0) is 22.3. The molecule has 0 saturated heterocycles. The summed E-state index contributed by atoms with van der Waals surface area (Å²) in [7, 11) is -1.95. The van der Waals surface area contributed by atoms with Crippen molar-refractivity contribution in [2.75, 3.05) is 0 Å². The Morgan fingerprint density at radius 3 is 2.50 bits per heavy atom. The summed E-state index contributed by atoms with van der Waals surface area (Å²) >= 11 is 0. The molecular weight excluding hydrogens is 384 g/mol. The molecule has 0 radical (unpaired) electrons. The van der Waals surface area contributed by atoms with Crippen LogP contribution in [0.1, 0.15) is 97.6 Å². The average Bonchev–Trinajstić information content (AvgIpc) is 2.59. The van der Waals surface area contributed by atoms with Crippen molar-refractivity contribution in [3.05, 3.63) is 34.9 Å². The molecule has 0 bridgehead atoms. The Morgan fingerprint density at radius 1 is 1.17 bits per heavy atom. The fraction of sp³-hybridized carbons (Fsp3) is 0.704. The van der Waals surface area contributed by atoms with Crippen LogP contribution in [0.5, 0.6) is 11.5 Å². The van der Waals surface area contributed by atoms with Gasteiger partial charge in [-0.15, -0.1) is 0 Å². The van der Waals surface area contributed by atoms with E-state index in [0.717, 1.165) is 17.9 Å². The third-order valence-corrected chi connectivity index (χ3v) is 12.1.